The van der Waals surface area contributed by atoms with Crippen LogP contribution in [0.4, 0.5) is 0 Å². The Hall–Kier alpha value is -5.00. The van der Waals surface area contributed by atoms with Gasteiger partial charge in [-0.2, -0.15) is 0 Å². The zero-order valence-corrected chi connectivity index (χ0v) is 16.1. The minimum absolute atomic E-state index is 0.158. The number of aromatic carboxylic acids is 4. The number of nitrogens with one attached hydrogen (secondary N) is 2. The lowest BCUT2D eigenvalue weighted by molar-refractivity contribution is 0.0621. The van der Waals surface area contributed by atoms with Crippen LogP contribution in [0.3, 0.4) is 0 Å². The van der Waals surface area contributed by atoms with Gasteiger partial charge in [0.1, 0.15) is 0 Å². The molecule has 0 bridgehead atoms. The Morgan fingerprint density at radius 2 is 0.938 bits per heavy atom. The first-order valence-corrected chi connectivity index (χ1v) is 8.64. The minimum Gasteiger partial charge on any atom is -0.478 e. The second-order valence-electron chi connectivity index (χ2n) is 5.79. The molecule has 6 N–H and O–H groups in total. The van der Waals surface area contributed by atoms with E-state index in [0.29, 0.717) is 0 Å². The zero-order chi connectivity index (χ0) is 23.7. The Labute approximate surface area is 178 Å². The Morgan fingerprint density at radius 1 is 0.594 bits per heavy atom. The number of benzene rings is 2. The number of imidazole rings is 2. The van der Waals surface area contributed by atoms with Crippen molar-refractivity contribution in [3.8, 4) is 0 Å². The summed E-state index contributed by atoms with van der Waals surface area (Å²) in [5.41, 5.74) is -3.64. The minimum atomic E-state index is -1.83. The molecule has 2 heterocycles. The average molecular weight is 440 g/mol. The van der Waals surface area contributed by atoms with Crippen LogP contribution in [0.1, 0.15) is 41.4 Å². The van der Waals surface area contributed by atoms with E-state index in [1.165, 1.54) is 24.3 Å². The summed E-state index contributed by atoms with van der Waals surface area (Å²) in [5, 5.41) is 36.6. The maximum Gasteiger partial charge on any atom is 0.337 e. The number of aromatic amines is 2. The molecule has 164 valence electrons. The quantitative estimate of drug-likeness (QED) is 0.273. The number of fused-ring (bicyclic) bond motifs is 1. The van der Waals surface area contributed by atoms with Gasteiger partial charge in [-0.25, -0.2) is 29.1 Å². The van der Waals surface area contributed by atoms with Crippen LogP contribution in [-0.2, 0) is 0 Å². The van der Waals surface area contributed by atoms with Gasteiger partial charge >= 0.3 is 23.9 Å². The number of hydrogen-bond acceptors (Lipinski definition) is 6. The summed E-state index contributed by atoms with van der Waals surface area (Å²) < 4.78 is 0. The fraction of sp³-hybridized carbons (Fsp3) is 0. The van der Waals surface area contributed by atoms with Crippen LogP contribution in [0.2, 0.25) is 0 Å². The Balaban J connectivity index is 0.000000294. The molecule has 32 heavy (non-hydrogen) atoms. The van der Waals surface area contributed by atoms with Crippen molar-refractivity contribution in [2.75, 3.05) is 0 Å². The molecule has 0 fully saturated rings. The highest BCUT2D eigenvalue weighted by molar-refractivity contribution is 6.23. The van der Waals surface area contributed by atoms with Crippen molar-refractivity contribution < 1.29 is 39.6 Å². The average Bonchev–Trinajstić information content (AvgIpc) is 3.50. The molecule has 2 aromatic carbocycles. The molecule has 0 saturated carbocycles. The highest BCUT2D eigenvalue weighted by atomic mass is 16.4. The predicted molar refractivity (Wildman–Crippen MR) is 109 cm³/mol. The van der Waals surface area contributed by atoms with E-state index in [0.717, 1.165) is 0 Å². The van der Waals surface area contributed by atoms with E-state index < -0.39 is 46.1 Å². The van der Waals surface area contributed by atoms with E-state index in [1.807, 2.05) is 0 Å². The molecule has 0 atom stereocenters. The van der Waals surface area contributed by atoms with E-state index in [2.05, 4.69) is 19.9 Å². The van der Waals surface area contributed by atoms with Gasteiger partial charge < -0.3 is 30.4 Å². The topological polar surface area (TPSA) is 207 Å². The molecule has 0 radical (unpaired) electrons. The number of nitrogens with zero attached hydrogens (tertiary/aromatic N) is 2. The summed E-state index contributed by atoms with van der Waals surface area (Å²) in [5.74, 6) is -6.98. The lowest BCUT2D eigenvalue weighted by Crippen LogP contribution is -2.20. The maximum absolute atomic E-state index is 11.4. The molecule has 0 amide bonds. The second-order valence-corrected chi connectivity index (χ2v) is 5.79. The SMILES string of the molecule is O=C(O)c1c(C(=O)O)c(C(=O)O)c2ccccc2c1C(=O)O.c1c[nH]cn1.c1c[nH]cn1. The molecule has 0 aliphatic carbocycles. The van der Waals surface area contributed by atoms with Gasteiger partial charge in [0.15, 0.2) is 0 Å². The van der Waals surface area contributed by atoms with Crippen LogP contribution in [0.15, 0.2) is 61.7 Å². The number of hydrogen-bond donors (Lipinski definition) is 6. The van der Waals surface area contributed by atoms with Crippen LogP contribution in [0, 0.1) is 0 Å². The Bertz CT molecular complexity index is 1100. The van der Waals surface area contributed by atoms with Gasteiger partial charge in [-0.15, -0.1) is 0 Å². The Kier molecular flexibility index (Phi) is 7.77. The van der Waals surface area contributed by atoms with Crippen LogP contribution in [0.5, 0.6) is 0 Å². The van der Waals surface area contributed by atoms with Crippen molar-refractivity contribution >= 4 is 34.6 Å². The summed E-state index contributed by atoms with van der Waals surface area (Å²) in [6, 6.07) is 5.24. The Morgan fingerprint density at radius 3 is 1.12 bits per heavy atom. The molecule has 0 unspecified atom stereocenters. The third-order valence-corrected chi connectivity index (χ3v) is 3.88. The highest BCUT2D eigenvalue weighted by Gasteiger charge is 2.32. The van der Waals surface area contributed by atoms with Crippen molar-refractivity contribution in [3.63, 3.8) is 0 Å². The smallest absolute Gasteiger partial charge is 0.337 e. The van der Waals surface area contributed by atoms with Crippen molar-refractivity contribution in [2.45, 2.75) is 0 Å². The van der Waals surface area contributed by atoms with Crippen molar-refractivity contribution in [3.05, 3.63) is 84.0 Å². The van der Waals surface area contributed by atoms with E-state index >= 15 is 0 Å². The van der Waals surface area contributed by atoms with E-state index in [1.54, 1.807) is 37.4 Å². The van der Waals surface area contributed by atoms with Crippen LogP contribution in [0.25, 0.3) is 10.8 Å². The molecular formula is C20H16N4O8. The van der Waals surface area contributed by atoms with Crippen LogP contribution < -0.4 is 0 Å². The van der Waals surface area contributed by atoms with Gasteiger partial charge in [-0.05, 0) is 10.8 Å². The summed E-state index contributed by atoms with van der Waals surface area (Å²) in [7, 11) is 0. The van der Waals surface area contributed by atoms with Crippen LogP contribution in [-0.4, -0.2) is 64.2 Å². The van der Waals surface area contributed by atoms with Crippen molar-refractivity contribution in [1.82, 2.24) is 19.9 Å². The summed E-state index contributed by atoms with van der Waals surface area (Å²) in [6.07, 6.45) is 10.2. The number of carboxylic acid groups (broad SMARTS) is 4. The zero-order valence-electron chi connectivity index (χ0n) is 16.1. The first kappa shape index (κ1) is 23.3. The molecule has 4 aromatic rings. The van der Waals surface area contributed by atoms with Gasteiger partial charge in [0.25, 0.3) is 0 Å². The van der Waals surface area contributed by atoms with Crippen LogP contribution >= 0.6 is 0 Å². The normalized spacial score (nSPS) is 9.62. The number of carboxylic acids is 4. The summed E-state index contributed by atoms with van der Waals surface area (Å²) >= 11 is 0. The van der Waals surface area contributed by atoms with Crippen molar-refractivity contribution in [1.29, 1.82) is 0 Å². The lowest BCUT2D eigenvalue weighted by atomic mass is 9.88. The first-order chi connectivity index (χ1) is 15.3. The fourth-order valence-corrected chi connectivity index (χ4v) is 2.74. The van der Waals surface area contributed by atoms with Crippen molar-refractivity contribution in [2.24, 2.45) is 0 Å². The molecule has 0 saturated heterocycles. The first-order valence-electron chi connectivity index (χ1n) is 8.64. The molecule has 12 nitrogen and oxygen atoms in total. The summed E-state index contributed by atoms with van der Waals surface area (Å²) in [4.78, 5) is 58.3. The molecule has 0 aliphatic rings. The van der Waals surface area contributed by atoms with Gasteiger partial charge in [0.05, 0.1) is 34.9 Å². The van der Waals surface area contributed by atoms with Gasteiger partial charge in [0, 0.05) is 24.8 Å². The van der Waals surface area contributed by atoms with Gasteiger partial charge in [0.2, 0.25) is 0 Å². The van der Waals surface area contributed by atoms with E-state index in [4.69, 9.17) is 0 Å². The fourth-order valence-electron chi connectivity index (χ4n) is 2.74. The molecule has 0 spiro atoms. The third kappa shape index (κ3) is 5.33. The molecule has 12 heteroatoms. The summed E-state index contributed by atoms with van der Waals surface area (Å²) in [6.45, 7) is 0. The number of carbonyl (C=O) groups is 4. The predicted octanol–water partition coefficient (Wildman–Crippen LogP) is 2.45. The largest absolute Gasteiger partial charge is 0.478 e. The molecule has 4 rings (SSSR count). The van der Waals surface area contributed by atoms with Gasteiger partial charge in [-0.1, -0.05) is 24.3 Å². The molecule has 2 aromatic heterocycles. The van der Waals surface area contributed by atoms with Gasteiger partial charge in [-0.3, -0.25) is 0 Å². The molecule has 0 aliphatic heterocycles. The number of H-pyrrole nitrogens is 2. The lowest BCUT2D eigenvalue weighted by Gasteiger charge is -2.14. The third-order valence-electron chi connectivity index (χ3n) is 3.88. The second kappa shape index (κ2) is 10.7. The number of rotatable bonds is 4. The van der Waals surface area contributed by atoms with E-state index in [-0.39, 0.29) is 10.8 Å². The highest BCUT2D eigenvalue weighted by Crippen LogP contribution is 2.31. The number of aromatic nitrogens is 4. The standard InChI is InChI=1S/C14H8O8.2C3H4N2/c15-11(16)7-5-3-1-2-4-6(5)8(12(17)18)10(14(21)22)9(7)13(19)20;2*1-2-5-3-4-1/h1-4H,(H,15,16)(H,17,18)(H,19,20)(H,21,22);2*1-3H,(H,4,5). The molecular weight excluding hydrogens is 424 g/mol. The monoisotopic (exact) mass is 440 g/mol. The van der Waals surface area contributed by atoms with E-state index in [9.17, 15) is 39.6 Å². The maximum atomic E-state index is 11.4.